The minimum absolute atomic E-state index is 0.0746. The largest absolute Gasteiger partial charge is 0.350 e. The average Bonchev–Trinajstić information content (AvgIpc) is 2.66. The number of hydrogen-bond donors (Lipinski definition) is 0. The number of nitro groups is 1. The van der Waals surface area contributed by atoms with Crippen molar-refractivity contribution in [3.05, 3.63) is 80.0 Å². The number of halogens is 1. The van der Waals surface area contributed by atoms with Gasteiger partial charge in [0.1, 0.15) is 0 Å². The van der Waals surface area contributed by atoms with E-state index >= 15 is 0 Å². The van der Waals surface area contributed by atoms with Gasteiger partial charge in [-0.3, -0.25) is 10.1 Å². The first-order valence-corrected chi connectivity index (χ1v) is 9.31. The molecule has 1 aliphatic heterocycles. The van der Waals surface area contributed by atoms with Gasteiger partial charge in [-0.2, -0.15) is 0 Å². The molecule has 0 spiro atoms. The Morgan fingerprint density at radius 2 is 2.00 bits per heavy atom. The lowest BCUT2D eigenvalue weighted by Gasteiger charge is -2.30. The van der Waals surface area contributed by atoms with Crippen molar-refractivity contribution in [1.29, 1.82) is 0 Å². The molecule has 2 heterocycles. The molecule has 5 nitrogen and oxygen atoms in total. The maximum atomic E-state index is 11.3. The van der Waals surface area contributed by atoms with Gasteiger partial charge in [0.2, 0.25) is 5.82 Å². The third kappa shape index (κ3) is 4.74. The van der Waals surface area contributed by atoms with Crippen LogP contribution < -0.4 is 4.90 Å². The third-order valence-electron chi connectivity index (χ3n) is 4.79. The second-order valence-corrected chi connectivity index (χ2v) is 7.15. The fourth-order valence-corrected chi connectivity index (χ4v) is 3.44. The van der Waals surface area contributed by atoms with Gasteiger partial charge in [-0.1, -0.05) is 47.0 Å². The lowest BCUT2D eigenvalue weighted by atomic mass is 9.98. The summed E-state index contributed by atoms with van der Waals surface area (Å²) in [4.78, 5) is 17.4. The van der Waals surface area contributed by atoms with Crippen LogP contribution in [0.1, 0.15) is 31.0 Å². The van der Waals surface area contributed by atoms with Gasteiger partial charge in [0, 0.05) is 29.9 Å². The fraction of sp³-hybridized carbons (Fsp3) is 0.286. The normalized spacial score (nSPS) is 14.6. The highest BCUT2D eigenvalue weighted by molar-refractivity contribution is 6.30. The molecule has 0 amide bonds. The topological polar surface area (TPSA) is 59.3 Å². The Balaban J connectivity index is 1.72. The van der Waals surface area contributed by atoms with Crippen molar-refractivity contribution in [2.24, 2.45) is 0 Å². The number of rotatable bonds is 4. The lowest BCUT2D eigenvalue weighted by molar-refractivity contribution is -0.384. The second kappa shape index (κ2) is 8.35. The summed E-state index contributed by atoms with van der Waals surface area (Å²) in [6.07, 6.45) is 5.93. The maximum absolute atomic E-state index is 11.3. The first-order chi connectivity index (χ1) is 12.9. The first-order valence-electron chi connectivity index (χ1n) is 8.93. The van der Waals surface area contributed by atoms with Crippen LogP contribution >= 0.6 is 11.6 Å². The molecular weight excluding hydrogens is 362 g/mol. The van der Waals surface area contributed by atoms with Crippen molar-refractivity contribution >= 4 is 29.2 Å². The van der Waals surface area contributed by atoms with Crippen LogP contribution in [0.25, 0.3) is 6.08 Å². The minimum Gasteiger partial charge on any atom is -0.350 e. The summed E-state index contributed by atoms with van der Waals surface area (Å²) in [5.74, 6) is 0.478. The molecule has 6 heteroatoms. The van der Waals surface area contributed by atoms with E-state index in [1.807, 2.05) is 36.1 Å². The van der Waals surface area contributed by atoms with E-state index in [4.69, 9.17) is 11.6 Å². The Morgan fingerprint density at radius 1 is 1.26 bits per heavy atom. The molecule has 140 valence electrons. The smallest absolute Gasteiger partial charge is 0.311 e. The number of benzene rings is 1. The molecule has 1 saturated heterocycles. The monoisotopic (exact) mass is 383 g/mol. The Kier molecular flexibility index (Phi) is 5.91. The van der Waals surface area contributed by atoms with E-state index in [2.05, 4.69) is 24.1 Å². The van der Waals surface area contributed by atoms with Crippen molar-refractivity contribution < 1.29 is 4.92 Å². The molecule has 1 aliphatic rings. The highest BCUT2D eigenvalue weighted by Crippen LogP contribution is 2.30. The SMILES string of the molecule is CC(/C=C/c1cccc(Cl)c1)=C1CCN(c2nc(C)ccc2[N+](=O)[O-])CC1. The second-order valence-electron chi connectivity index (χ2n) is 6.71. The zero-order valence-corrected chi connectivity index (χ0v) is 16.2. The fourth-order valence-electron chi connectivity index (χ4n) is 3.24. The van der Waals surface area contributed by atoms with Gasteiger partial charge in [0.05, 0.1) is 4.92 Å². The number of piperidine rings is 1. The van der Waals surface area contributed by atoms with Crippen LogP contribution in [0.5, 0.6) is 0 Å². The van der Waals surface area contributed by atoms with E-state index < -0.39 is 0 Å². The van der Waals surface area contributed by atoms with Crippen molar-refractivity contribution in [1.82, 2.24) is 4.98 Å². The molecule has 1 aromatic heterocycles. The molecule has 0 bridgehead atoms. The molecule has 1 aromatic carbocycles. The number of pyridine rings is 1. The number of hydrogen-bond acceptors (Lipinski definition) is 4. The molecule has 0 radical (unpaired) electrons. The first kappa shape index (κ1) is 19.1. The lowest BCUT2D eigenvalue weighted by Crippen LogP contribution is -2.32. The van der Waals surface area contributed by atoms with Gasteiger partial charge in [-0.15, -0.1) is 0 Å². The number of aromatic nitrogens is 1. The van der Waals surface area contributed by atoms with E-state index in [-0.39, 0.29) is 10.6 Å². The molecule has 0 unspecified atom stereocenters. The van der Waals surface area contributed by atoms with Crippen LogP contribution in [0.2, 0.25) is 5.02 Å². The number of nitrogens with zero attached hydrogens (tertiary/aromatic N) is 3. The Hall–Kier alpha value is -2.66. The van der Waals surface area contributed by atoms with Gasteiger partial charge in [-0.05, 0) is 50.5 Å². The molecule has 1 fully saturated rings. The third-order valence-corrected chi connectivity index (χ3v) is 5.02. The molecule has 0 aliphatic carbocycles. The Morgan fingerprint density at radius 3 is 2.67 bits per heavy atom. The van der Waals surface area contributed by atoms with E-state index in [9.17, 15) is 10.1 Å². The molecule has 3 rings (SSSR count). The zero-order valence-electron chi connectivity index (χ0n) is 15.5. The van der Waals surface area contributed by atoms with E-state index in [0.29, 0.717) is 5.82 Å². The summed E-state index contributed by atoms with van der Waals surface area (Å²) >= 11 is 6.02. The molecule has 27 heavy (non-hydrogen) atoms. The van der Waals surface area contributed by atoms with Crippen molar-refractivity contribution in [3.8, 4) is 0 Å². The summed E-state index contributed by atoms with van der Waals surface area (Å²) in [7, 11) is 0. The zero-order chi connectivity index (χ0) is 19.4. The molecular formula is C21H22ClN3O2. The molecule has 0 atom stereocenters. The Bertz CT molecular complexity index is 911. The Labute approximate surface area is 164 Å². The predicted molar refractivity (Wildman–Crippen MR) is 110 cm³/mol. The van der Waals surface area contributed by atoms with Gasteiger partial charge in [0.15, 0.2) is 0 Å². The van der Waals surface area contributed by atoms with Gasteiger partial charge >= 0.3 is 5.69 Å². The molecule has 0 N–H and O–H groups in total. The quantitative estimate of drug-likeness (QED) is 0.510. The summed E-state index contributed by atoms with van der Waals surface area (Å²) < 4.78 is 0. The number of aryl methyl sites for hydroxylation is 1. The number of anilines is 1. The minimum atomic E-state index is -0.355. The number of allylic oxidation sites excluding steroid dienone is 2. The predicted octanol–water partition coefficient (Wildman–Crippen LogP) is 5.58. The van der Waals surface area contributed by atoms with Crippen LogP contribution in [-0.2, 0) is 0 Å². The van der Waals surface area contributed by atoms with Gasteiger partial charge in [0.25, 0.3) is 0 Å². The van der Waals surface area contributed by atoms with Crippen LogP contribution in [0.3, 0.4) is 0 Å². The van der Waals surface area contributed by atoms with Gasteiger partial charge in [-0.25, -0.2) is 4.98 Å². The van der Waals surface area contributed by atoms with Crippen LogP contribution in [0.15, 0.2) is 53.6 Å². The van der Waals surface area contributed by atoms with E-state index in [1.54, 1.807) is 12.1 Å². The molecule has 0 saturated carbocycles. The van der Waals surface area contributed by atoms with E-state index in [0.717, 1.165) is 42.2 Å². The highest BCUT2D eigenvalue weighted by atomic mass is 35.5. The summed E-state index contributed by atoms with van der Waals surface area (Å²) in [5.41, 5.74) is 4.55. The van der Waals surface area contributed by atoms with Gasteiger partial charge < -0.3 is 4.90 Å². The summed E-state index contributed by atoms with van der Waals surface area (Å²) in [6.45, 7) is 5.43. The van der Waals surface area contributed by atoms with Crippen LogP contribution in [0.4, 0.5) is 11.5 Å². The van der Waals surface area contributed by atoms with Crippen molar-refractivity contribution in [3.63, 3.8) is 0 Å². The standard InChI is InChI=1S/C21H22ClN3O2/c1-15(6-8-17-4-3-5-19(22)14-17)18-10-12-24(13-11-18)21-20(25(26)27)9-7-16(2)23-21/h3-9,14H,10-13H2,1-2H3/b8-6+. The van der Waals surface area contributed by atoms with Crippen LogP contribution in [-0.4, -0.2) is 23.0 Å². The van der Waals surface area contributed by atoms with Crippen LogP contribution in [0, 0.1) is 17.0 Å². The highest BCUT2D eigenvalue weighted by Gasteiger charge is 2.24. The maximum Gasteiger partial charge on any atom is 0.311 e. The average molecular weight is 384 g/mol. The van der Waals surface area contributed by atoms with Crippen molar-refractivity contribution in [2.45, 2.75) is 26.7 Å². The summed E-state index contributed by atoms with van der Waals surface area (Å²) in [5, 5.41) is 12.0. The van der Waals surface area contributed by atoms with Crippen molar-refractivity contribution in [2.75, 3.05) is 18.0 Å². The molecule has 2 aromatic rings. The summed E-state index contributed by atoms with van der Waals surface area (Å²) in [6, 6.07) is 11.0. The van der Waals surface area contributed by atoms with E-state index in [1.165, 1.54) is 11.1 Å².